The highest BCUT2D eigenvalue weighted by Crippen LogP contribution is 2.16. The van der Waals surface area contributed by atoms with Crippen LogP contribution in [0.1, 0.15) is 23.3 Å². The molecule has 0 amide bonds. The van der Waals surface area contributed by atoms with Crippen molar-refractivity contribution < 1.29 is 0 Å². The van der Waals surface area contributed by atoms with Gasteiger partial charge < -0.3 is 5.32 Å². The second-order valence-corrected chi connectivity index (χ2v) is 3.38. The van der Waals surface area contributed by atoms with Gasteiger partial charge in [-0.15, -0.1) is 0 Å². The maximum atomic E-state index is 4.38. The minimum Gasteiger partial charge on any atom is -0.307 e. The van der Waals surface area contributed by atoms with Gasteiger partial charge in [0, 0.05) is 18.6 Å². The summed E-state index contributed by atoms with van der Waals surface area (Å²) in [4.78, 5) is 16.8. The van der Waals surface area contributed by atoms with Crippen molar-refractivity contribution >= 4 is 0 Å². The van der Waals surface area contributed by atoms with Gasteiger partial charge in [0.2, 0.25) is 0 Å². The Morgan fingerprint density at radius 2 is 2.00 bits per heavy atom. The molecule has 0 fully saturated rings. The number of hydrogen-bond acceptors (Lipinski definition) is 5. The normalized spacial score (nSPS) is 12.4. The smallest absolute Gasteiger partial charge is 0.125 e. The van der Waals surface area contributed by atoms with Crippen LogP contribution in [0.25, 0.3) is 0 Å². The molecule has 0 saturated heterocycles. The Labute approximate surface area is 94.0 Å². The van der Waals surface area contributed by atoms with Gasteiger partial charge in [-0.2, -0.15) is 0 Å². The molecule has 1 N–H and O–H groups in total. The molecule has 0 saturated carbocycles. The number of nitrogens with one attached hydrogen (secondary N) is 1. The van der Waals surface area contributed by atoms with Crippen molar-refractivity contribution in [2.45, 2.75) is 13.0 Å². The van der Waals surface area contributed by atoms with Gasteiger partial charge in [-0.25, -0.2) is 9.97 Å². The molecule has 1 atom stereocenters. The Balaban J connectivity index is 2.37. The van der Waals surface area contributed by atoms with Crippen LogP contribution in [-0.4, -0.2) is 27.0 Å². The van der Waals surface area contributed by atoms with Crippen molar-refractivity contribution in [3.05, 3.63) is 48.1 Å². The predicted octanol–water partition coefficient (Wildman–Crippen LogP) is 0.884. The minimum absolute atomic E-state index is 0.0459. The average Bonchev–Trinajstić information content (AvgIpc) is 2.31. The van der Waals surface area contributed by atoms with Gasteiger partial charge in [-0.3, -0.25) is 9.97 Å². The molecule has 0 radical (unpaired) electrons. The molecule has 0 aliphatic heterocycles. The van der Waals surface area contributed by atoms with E-state index < -0.39 is 0 Å². The molecule has 0 aliphatic rings. The van der Waals surface area contributed by atoms with Crippen molar-refractivity contribution in [1.29, 1.82) is 0 Å². The summed E-state index contributed by atoms with van der Waals surface area (Å²) in [5.74, 6) is 0.752. The van der Waals surface area contributed by atoms with Crippen LogP contribution in [0.15, 0.2) is 30.9 Å². The maximum absolute atomic E-state index is 4.38. The lowest BCUT2D eigenvalue weighted by Gasteiger charge is -2.14. The zero-order valence-electron chi connectivity index (χ0n) is 9.25. The van der Waals surface area contributed by atoms with E-state index in [2.05, 4.69) is 25.3 Å². The molecule has 16 heavy (non-hydrogen) atoms. The van der Waals surface area contributed by atoms with E-state index in [-0.39, 0.29) is 6.04 Å². The van der Waals surface area contributed by atoms with Crippen molar-refractivity contribution in [3.63, 3.8) is 0 Å². The fourth-order valence-corrected chi connectivity index (χ4v) is 1.54. The first-order chi connectivity index (χ1) is 7.81. The summed E-state index contributed by atoms with van der Waals surface area (Å²) in [5.41, 5.74) is 1.75. The number of hydrogen-bond donors (Lipinski definition) is 1. The molecular formula is C11H13N5. The van der Waals surface area contributed by atoms with E-state index >= 15 is 0 Å². The molecule has 5 nitrogen and oxygen atoms in total. The van der Waals surface area contributed by atoms with Crippen LogP contribution >= 0.6 is 0 Å². The van der Waals surface area contributed by atoms with Crippen LogP contribution in [0.5, 0.6) is 0 Å². The second-order valence-electron chi connectivity index (χ2n) is 3.38. The lowest BCUT2D eigenvalue weighted by molar-refractivity contribution is 0.642. The van der Waals surface area contributed by atoms with E-state index in [1.807, 2.05) is 20.0 Å². The molecule has 2 rings (SSSR count). The summed E-state index contributed by atoms with van der Waals surface area (Å²) < 4.78 is 0. The van der Waals surface area contributed by atoms with Gasteiger partial charge >= 0.3 is 0 Å². The molecule has 0 aliphatic carbocycles. The highest BCUT2D eigenvalue weighted by Gasteiger charge is 2.14. The third-order valence-corrected chi connectivity index (χ3v) is 2.26. The quantitative estimate of drug-likeness (QED) is 0.823. The van der Waals surface area contributed by atoms with Gasteiger partial charge in [0.25, 0.3) is 0 Å². The van der Waals surface area contributed by atoms with E-state index in [9.17, 15) is 0 Å². The van der Waals surface area contributed by atoms with Crippen molar-refractivity contribution in [3.8, 4) is 0 Å². The van der Waals surface area contributed by atoms with Gasteiger partial charge in [0.1, 0.15) is 5.82 Å². The van der Waals surface area contributed by atoms with E-state index in [1.165, 1.54) is 0 Å². The third-order valence-electron chi connectivity index (χ3n) is 2.26. The lowest BCUT2D eigenvalue weighted by atomic mass is 10.1. The van der Waals surface area contributed by atoms with Crippen molar-refractivity contribution in [2.24, 2.45) is 0 Å². The van der Waals surface area contributed by atoms with Crippen LogP contribution in [0.3, 0.4) is 0 Å². The lowest BCUT2D eigenvalue weighted by Crippen LogP contribution is -2.20. The number of aryl methyl sites for hydroxylation is 1. The molecule has 5 heteroatoms. The number of aromatic nitrogens is 4. The van der Waals surface area contributed by atoms with E-state index in [0.717, 1.165) is 17.2 Å². The summed E-state index contributed by atoms with van der Waals surface area (Å²) >= 11 is 0. The fourth-order valence-electron chi connectivity index (χ4n) is 1.54. The van der Waals surface area contributed by atoms with Gasteiger partial charge in [0.15, 0.2) is 0 Å². The van der Waals surface area contributed by atoms with Crippen LogP contribution in [0.4, 0.5) is 0 Å². The zero-order chi connectivity index (χ0) is 11.4. The molecule has 2 aromatic rings. The highest BCUT2D eigenvalue weighted by atomic mass is 15.0. The summed E-state index contributed by atoms with van der Waals surface area (Å²) in [6.45, 7) is 1.87. The number of nitrogens with zero attached hydrogens (tertiary/aromatic N) is 4. The average molecular weight is 215 g/mol. The standard InChI is InChI=1S/C11H13N5/c1-8-14-4-3-9(16-8)11(12-2)10-7-13-5-6-15-10/h3-7,11-12H,1-2H3. The molecule has 1 unspecified atom stereocenters. The molecule has 0 bridgehead atoms. The summed E-state index contributed by atoms with van der Waals surface area (Å²) in [7, 11) is 1.87. The monoisotopic (exact) mass is 215 g/mol. The summed E-state index contributed by atoms with van der Waals surface area (Å²) in [6.07, 6.45) is 6.81. The van der Waals surface area contributed by atoms with Gasteiger partial charge in [0.05, 0.1) is 23.6 Å². The molecule has 0 aromatic carbocycles. The summed E-state index contributed by atoms with van der Waals surface area (Å²) in [6, 6.07) is 1.83. The molecule has 2 aromatic heterocycles. The Bertz CT molecular complexity index is 457. The Hall–Kier alpha value is -1.88. The van der Waals surface area contributed by atoms with Crippen LogP contribution in [0, 0.1) is 6.92 Å². The van der Waals surface area contributed by atoms with Gasteiger partial charge in [-0.05, 0) is 20.0 Å². The molecular weight excluding hydrogens is 202 g/mol. The minimum atomic E-state index is -0.0459. The predicted molar refractivity (Wildman–Crippen MR) is 59.7 cm³/mol. The fraction of sp³-hybridized carbons (Fsp3) is 0.273. The molecule has 2 heterocycles. The largest absolute Gasteiger partial charge is 0.307 e. The number of rotatable bonds is 3. The first kappa shape index (κ1) is 10.6. The van der Waals surface area contributed by atoms with Crippen molar-refractivity contribution in [2.75, 3.05) is 7.05 Å². The Morgan fingerprint density at radius 3 is 2.62 bits per heavy atom. The third kappa shape index (κ3) is 2.20. The van der Waals surface area contributed by atoms with Crippen molar-refractivity contribution in [1.82, 2.24) is 25.3 Å². The van der Waals surface area contributed by atoms with Gasteiger partial charge in [-0.1, -0.05) is 0 Å². The maximum Gasteiger partial charge on any atom is 0.125 e. The first-order valence-corrected chi connectivity index (χ1v) is 5.04. The van der Waals surface area contributed by atoms with E-state index in [1.54, 1.807) is 24.8 Å². The molecule has 82 valence electrons. The van der Waals surface area contributed by atoms with Crippen LogP contribution < -0.4 is 5.32 Å². The molecule has 0 spiro atoms. The van der Waals surface area contributed by atoms with E-state index in [4.69, 9.17) is 0 Å². The Kier molecular flexibility index (Phi) is 3.16. The first-order valence-electron chi connectivity index (χ1n) is 5.04. The SMILES string of the molecule is CNC(c1cnccn1)c1ccnc(C)n1. The van der Waals surface area contributed by atoms with Crippen LogP contribution in [-0.2, 0) is 0 Å². The zero-order valence-corrected chi connectivity index (χ0v) is 9.25. The highest BCUT2D eigenvalue weighted by molar-refractivity contribution is 5.18. The Morgan fingerprint density at radius 1 is 1.12 bits per heavy atom. The second kappa shape index (κ2) is 4.76. The van der Waals surface area contributed by atoms with E-state index in [0.29, 0.717) is 0 Å². The summed E-state index contributed by atoms with van der Waals surface area (Å²) in [5, 5.41) is 3.17. The topological polar surface area (TPSA) is 63.6 Å². The van der Waals surface area contributed by atoms with Crippen LogP contribution in [0.2, 0.25) is 0 Å².